The number of aliphatic hydroxyl groups excluding tert-OH is 1. The van der Waals surface area contributed by atoms with Crippen LogP contribution in [0.25, 0.3) is 0 Å². The van der Waals surface area contributed by atoms with Crippen LogP contribution in [-0.2, 0) is 0 Å². The maximum Gasteiger partial charge on any atom is 0.0482 e. The first kappa shape index (κ1) is 11.0. The SMILES string of the molecule is CCCC(C)CC(C)(C)CO. The van der Waals surface area contributed by atoms with Crippen molar-refractivity contribution in [3.05, 3.63) is 0 Å². The molecule has 1 unspecified atom stereocenters. The molecule has 0 aromatic rings. The Morgan fingerprint density at radius 2 is 1.91 bits per heavy atom. The van der Waals surface area contributed by atoms with Crippen LogP contribution in [0.3, 0.4) is 0 Å². The molecule has 1 atom stereocenters. The van der Waals surface area contributed by atoms with E-state index in [2.05, 4.69) is 27.7 Å². The molecule has 0 saturated heterocycles. The summed E-state index contributed by atoms with van der Waals surface area (Å²) in [6, 6.07) is 0. The third-order valence-corrected chi connectivity index (χ3v) is 2.11. The first-order valence-electron chi connectivity index (χ1n) is 4.62. The number of hydrogen-bond donors (Lipinski definition) is 1. The van der Waals surface area contributed by atoms with Gasteiger partial charge in [0.2, 0.25) is 0 Å². The highest BCUT2D eigenvalue weighted by atomic mass is 16.3. The van der Waals surface area contributed by atoms with Crippen LogP contribution in [0.5, 0.6) is 0 Å². The van der Waals surface area contributed by atoms with Crippen molar-refractivity contribution in [2.45, 2.75) is 47.0 Å². The standard InChI is InChI=1S/C10H22O/c1-5-6-9(2)7-10(3,4)8-11/h9,11H,5-8H2,1-4H3. The fourth-order valence-corrected chi connectivity index (χ4v) is 1.60. The van der Waals surface area contributed by atoms with E-state index in [0.717, 1.165) is 12.3 Å². The monoisotopic (exact) mass is 158 g/mol. The van der Waals surface area contributed by atoms with Gasteiger partial charge in [-0.15, -0.1) is 0 Å². The van der Waals surface area contributed by atoms with Crippen molar-refractivity contribution in [2.75, 3.05) is 6.61 Å². The minimum absolute atomic E-state index is 0.120. The van der Waals surface area contributed by atoms with Gasteiger partial charge in [-0.05, 0) is 17.8 Å². The molecular weight excluding hydrogens is 136 g/mol. The summed E-state index contributed by atoms with van der Waals surface area (Å²) < 4.78 is 0. The van der Waals surface area contributed by atoms with Gasteiger partial charge in [0.05, 0.1) is 0 Å². The van der Waals surface area contributed by atoms with Crippen molar-refractivity contribution in [1.82, 2.24) is 0 Å². The van der Waals surface area contributed by atoms with Crippen molar-refractivity contribution < 1.29 is 5.11 Å². The van der Waals surface area contributed by atoms with Gasteiger partial charge in [-0.25, -0.2) is 0 Å². The van der Waals surface area contributed by atoms with Gasteiger partial charge in [-0.2, -0.15) is 0 Å². The summed E-state index contributed by atoms with van der Waals surface area (Å²) in [5.74, 6) is 0.752. The molecule has 1 heteroatoms. The summed E-state index contributed by atoms with van der Waals surface area (Å²) in [5, 5.41) is 9.01. The second-order valence-electron chi connectivity index (χ2n) is 4.42. The molecule has 11 heavy (non-hydrogen) atoms. The summed E-state index contributed by atoms with van der Waals surface area (Å²) in [6.07, 6.45) is 3.67. The molecule has 0 spiro atoms. The molecule has 1 nitrogen and oxygen atoms in total. The van der Waals surface area contributed by atoms with Crippen LogP contribution in [0, 0.1) is 11.3 Å². The smallest absolute Gasteiger partial charge is 0.0482 e. The lowest BCUT2D eigenvalue weighted by Gasteiger charge is -2.25. The lowest BCUT2D eigenvalue weighted by atomic mass is 9.83. The van der Waals surface area contributed by atoms with E-state index in [1.807, 2.05) is 0 Å². The molecule has 0 rings (SSSR count). The Balaban J connectivity index is 3.64. The van der Waals surface area contributed by atoms with E-state index in [1.165, 1.54) is 12.8 Å². The lowest BCUT2D eigenvalue weighted by molar-refractivity contribution is 0.131. The summed E-state index contributed by atoms with van der Waals surface area (Å²) in [4.78, 5) is 0. The fourth-order valence-electron chi connectivity index (χ4n) is 1.60. The summed E-state index contributed by atoms with van der Waals surface area (Å²) in [6.45, 7) is 9.03. The van der Waals surface area contributed by atoms with Crippen LogP contribution < -0.4 is 0 Å². The molecule has 0 bridgehead atoms. The predicted octanol–water partition coefficient (Wildman–Crippen LogP) is 2.83. The minimum Gasteiger partial charge on any atom is -0.396 e. The zero-order valence-corrected chi connectivity index (χ0v) is 8.35. The Morgan fingerprint density at radius 3 is 2.27 bits per heavy atom. The lowest BCUT2D eigenvalue weighted by Crippen LogP contribution is -2.19. The molecular formula is C10H22O. The molecule has 0 aliphatic carbocycles. The van der Waals surface area contributed by atoms with Gasteiger partial charge in [0.1, 0.15) is 0 Å². The van der Waals surface area contributed by atoms with Crippen molar-refractivity contribution in [3.63, 3.8) is 0 Å². The van der Waals surface area contributed by atoms with E-state index in [4.69, 9.17) is 5.11 Å². The van der Waals surface area contributed by atoms with Gasteiger partial charge in [-0.1, -0.05) is 40.5 Å². The normalized spacial score (nSPS) is 15.0. The Bertz CT molecular complexity index is 97.0. The van der Waals surface area contributed by atoms with E-state index < -0.39 is 0 Å². The predicted molar refractivity (Wildman–Crippen MR) is 49.6 cm³/mol. The molecule has 0 aromatic carbocycles. The van der Waals surface area contributed by atoms with Crippen molar-refractivity contribution >= 4 is 0 Å². The van der Waals surface area contributed by atoms with Gasteiger partial charge in [0.15, 0.2) is 0 Å². The Morgan fingerprint density at radius 1 is 1.36 bits per heavy atom. The number of aliphatic hydroxyl groups is 1. The van der Waals surface area contributed by atoms with E-state index in [-0.39, 0.29) is 5.41 Å². The van der Waals surface area contributed by atoms with Crippen LogP contribution in [0.15, 0.2) is 0 Å². The molecule has 0 aliphatic rings. The van der Waals surface area contributed by atoms with Crippen LogP contribution >= 0.6 is 0 Å². The fraction of sp³-hybridized carbons (Fsp3) is 1.00. The molecule has 0 amide bonds. The molecule has 0 aromatic heterocycles. The summed E-state index contributed by atoms with van der Waals surface area (Å²) in [7, 11) is 0. The Kier molecular flexibility index (Phi) is 4.74. The van der Waals surface area contributed by atoms with Crippen molar-refractivity contribution in [2.24, 2.45) is 11.3 Å². The average molecular weight is 158 g/mol. The number of hydrogen-bond acceptors (Lipinski definition) is 1. The largest absolute Gasteiger partial charge is 0.396 e. The molecule has 0 saturated carbocycles. The average Bonchev–Trinajstić information content (AvgIpc) is 1.87. The molecule has 68 valence electrons. The van der Waals surface area contributed by atoms with Crippen molar-refractivity contribution in [3.8, 4) is 0 Å². The third-order valence-electron chi connectivity index (χ3n) is 2.11. The highest BCUT2D eigenvalue weighted by molar-refractivity contribution is 4.70. The highest BCUT2D eigenvalue weighted by Gasteiger charge is 2.19. The quantitative estimate of drug-likeness (QED) is 0.652. The maximum absolute atomic E-state index is 9.01. The van der Waals surface area contributed by atoms with Crippen molar-refractivity contribution in [1.29, 1.82) is 0 Å². The molecule has 0 fully saturated rings. The Labute approximate surface area is 70.8 Å². The van der Waals surface area contributed by atoms with Crippen LogP contribution in [0.4, 0.5) is 0 Å². The van der Waals surface area contributed by atoms with Crippen LogP contribution in [0.2, 0.25) is 0 Å². The minimum atomic E-state index is 0.120. The molecule has 0 heterocycles. The van der Waals surface area contributed by atoms with Gasteiger partial charge < -0.3 is 5.11 Å². The van der Waals surface area contributed by atoms with Gasteiger partial charge in [0.25, 0.3) is 0 Å². The van der Waals surface area contributed by atoms with Crippen LogP contribution in [0.1, 0.15) is 47.0 Å². The number of rotatable bonds is 5. The zero-order chi connectivity index (χ0) is 8.91. The van der Waals surface area contributed by atoms with Gasteiger partial charge >= 0.3 is 0 Å². The zero-order valence-electron chi connectivity index (χ0n) is 8.35. The second kappa shape index (κ2) is 4.76. The topological polar surface area (TPSA) is 20.2 Å². The van der Waals surface area contributed by atoms with E-state index in [9.17, 15) is 0 Å². The third kappa shape index (κ3) is 5.25. The second-order valence-corrected chi connectivity index (χ2v) is 4.42. The van der Waals surface area contributed by atoms with Crippen LogP contribution in [-0.4, -0.2) is 11.7 Å². The van der Waals surface area contributed by atoms with E-state index >= 15 is 0 Å². The molecule has 1 N–H and O–H groups in total. The maximum atomic E-state index is 9.01. The molecule has 0 aliphatic heterocycles. The summed E-state index contributed by atoms with van der Waals surface area (Å²) in [5.41, 5.74) is 0.120. The molecule has 0 radical (unpaired) electrons. The Hall–Kier alpha value is -0.0400. The van der Waals surface area contributed by atoms with E-state index in [1.54, 1.807) is 0 Å². The highest BCUT2D eigenvalue weighted by Crippen LogP contribution is 2.26. The van der Waals surface area contributed by atoms with Gasteiger partial charge in [0, 0.05) is 6.61 Å². The first-order valence-corrected chi connectivity index (χ1v) is 4.62. The van der Waals surface area contributed by atoms with E-state index in [0.29, 0.717) is 6.61 Å². The first-order chi connectivity index (χ1) is 5.02. The summed E-state index contributed by atoms with van der Waals surface area (Å²) >= 11 is 0. The van der Waals surface area contributed by atoms with Gasteiger partial charge in [-0.3, -0.25) is 0 Å².